The summed E-state index contributed by atoms with van der Waals surface area (Å²) in [6, 6.07) is 23.8. The fourth-order valence-electron chi connectivity index (χ4n) is 8.06. The average molecular weight is 647 g/mol. The number of ether oxygens (including phenoxy) is 1. The van der Waals surface area contributed by atoms with Crippen molar-refractivity contribution >= 4 is 34.6 Å². The summed E-state index contributed by atoms with van der Waals surface area (Å²) >= 11 is 0. The van der Waals surface area contributed by atoms with Crippen molar-refractivity contribution in [1.29, 1.82) is 0 Å². The van der Waals surface area contributed by atoms with Crippen LogP contribution < -0.4 is 10.6 Å². The Labute approximate surface area is 280 Å². The zero-order valence-electron chi connectivity index (χ0n) is 27.4. The van der Waals surface area contributed by atoms with Crippen molar-refractivity contribution in [1.82, 2.24) is 20.5 Å². The number of nitrogens with one attached hydrogen (secondary N) is 3. The van der Waals surface area contributed by atoms with Crippen molar-refractivity contribution in [2.75, 3.05) is 7.05 Å². The number of carbonyl (C=O) groups excluding carboxylic acids is 4. The highest BCUT2D eigenvalue weighted by atomic mass is 16.6. The Morgan fingerprint density at radius 1 is 0.917 bits per heavy atom. The van der Waals surface area contributed by atoms with E-state index in [4.69, 9.17) is 4.74 Å². The molecular weight excluding hydrogens is 604 g/mol. The van der Waals surface area contributed by atoms with E-state index in [1.54, 1.807) is 6.92 Å². The number of fused-ring (bicyclic) bond motifs is 6. The van der Waals surface area contributed by atoms with E-state index in [0.29, 0.717) is 19.3 Å². The van der Waals surface area contributed by atoms with Gasteiger partial charge < -0.3 is 20.4 Å². The quantitative estimate of drug-likeness (QED) is 0.237. The number of likely N-dealkylation sites (N-methyl/N-ethyl adjacent to an activating group) is 1. The summed E-state index contributed by atoms with van der Waals surface area (Å²) < 4.78 is 5.45. The Kier molecular flexibility index (Phi) is 8.77. The fourth-order valence-corrected chi connectivity index (χ4v) is 8.06. The van der Waals surface area contributed by atoms with E-state index in [0.717, 1.165) is 52.5 Å². The van der Waals surface area contributed by atoms with Gasteiger partial charge in [-0.1, -0.05) is 72.8 Å². The van der Waals surface area contributed by atoms with Gasteiger partial charge >= 0.3 is 6.09 Å². The molecule has 0 saturated heterocycles. The van der Waals surface area contributed by atoms with Gasteiger partial charge in [0.05, 0.1) is 12.1 Å². The minimum atomic E-state index is -0.892. The van der Waals surface area contributed by atoms with Gasteiger partial charge in [-0.25, -0.2) is 4.79 Å². The molecule has 1 saturated carbocycles. The standard InChI is InChI=1S/C39H42N4O5/c1-23(43(2)39(47)48-22-24-11-4-3-5-12-24)37(45)42-33-21-30-27-16-8-9-17-32(27)40-35(30)28-19-20-29(34(28)36(33)44)38(46)41-31-18-10-14-25-13-6-7-15-26(25)31/h3-9,11-13,15-17,23,28-29,31,33-34,40H,10,14,18-22H2,1-2H3,(H,41,46)(H,42,45)/t23-,28-,29-,31+,33-,34?/m0/s1. The molecule has 1 aromatic heterocycles. The predicted octanol–water partition coefficient (Wildman–Crippen LogP) is 5.74. The summed E-state index contributed by atoms with van der Waals surface area (Å²) in [5.74, 6) is -1.95. The van der Waals surface area contributed by atoms with Crippen LogP contribution in [-0.2, 0) is 38.6 Å². The van der Waals surface area contributed by atoms with Crippen LogP contribution >= 0.6 is 0 Å². The number of Topliss-reactive ketones (excluding diaryl/α,β-unsaturated/α-hetero) is 1. The maximum atomic E-state index is 14.5. The number of hydrogen-bond donors (Lipinski definition) is 3. The number of carbonyl (C=O) groups is 4. The molecule has 3 aliphatic carbocycles. The Bertz CT molecular complexity index is 1850. The molecule has 3 N–H and O–H groups in total. The van der Waals surface area contributed by atoms with Gasteiger partial charge in [-0.2, -0.15) is 0 Å². The van der Waals surface area contributed by atoms with Crippen LogP contribution in [0.4, 0.5) is 4.79 Å². The summed E-state index contributed by atoms with van der Waals surface area (Å²) in [7, 11) is 1.51. The van der Waals surface area contributed by atoms with Crippen molar-refractivity contribution in [3.8, 4) is 0 Å². The summed E-state index contributed by atoms with van der Waals surface area (Å²) in [5.41, 5.74) is 6.22. The first kappa shape index (κ1) is 31.7. The predicted molar refractivity (Wildman–Crippen MR) is 182 cm³/mol. The van der Waals surface area contributed by atoms with E-state index in [2.05, 4.69) is 27.8 Å². The number of H-pyrrole nitrogens is 1. The van der Waals surface area contributed by atoms with E-state index in [9.17, 15) is 19.2 Å². The molecule has 6 atom stereocenters. The van der Waals surface area contributed by atoms with Gasteiger partial charge in [0.2, 0.25) is 11.8 Å². The zero-order chi connectivity index (χ0) is 33.4. The number of amides is 3. The van der Waals surface area contributed by atoms with E-state index in [1.165, 1.54) is 17.5 Å². The van der Waals surface area contributed by atoms with Gasteiger partial charge in [0.15, 0.2) is 5.78 Å². The fraction of sp³-hybridized carbons (Fsp3) is 0.385. The number of benzene rings is 3. The lowest BCUT2D eigenvalue weighted by atomic mass is 9.82. The molecule has 1 unspecified atom stereocenters. The molecule has 0 radical (unpaired) electrons. The summed E-state index contributed by atoms with van der Waals surface area (Å²) in [4.78, 5) is 60.0. The normalized spacial score (nSPS) is 23.6. The largest absolute Gasteiger partial charge is 0.445 e. The Hall–Kier alpha value is -4.92. The van der Waals surface area contributed by atoms with Crippen molar-refractivity contribution in [3.63, 3.8) is 0 Å². The summed E-state index contributed by atoms with van der Waals surface area (Å²) in [5, 5.41) is 7.33. The highest BCUT2D eigenvalue weighted by molar-refractivity contribution is 5.98. The first-order chi connectivity index (χ1) is 23.3. The topological polar surface area (TPSA) is 121 Å². The van der Waals surface area contributed by atoms with Crippen LogP contribution in [0.2, 0.25) is 0 Å². The number of aromatic amines is 1. The van der Waals surface area contributed by atoms with Crippen molar-refractivity contribution in [3.05, 3.63) is 107 Å². The van der Waals surface area contributed by atoms with Gasteiger partial charge in [0, 0.05) is 47.8 Å². The van der Waals surface area contributed by atoms with E-state index in [1.807, 2.05) is 66.7 Å². The molecule has 7 rings (SSSR count). The van der Waals surface area contributed by atoms with Gasteiger partial charge in [0.1, 0.15) is 12.6 Å². The maximum Gasteiger partial charge on any atom is 0.410 e. The molecular formula is C39H42N4O5. The second-order valence-corrected chi connectivity index (χ2v) is 13.5. The maximum absolute atomic E-state index is 14.5. The third-order valence-corrected chi connectivity index (χ3v) is 10.7. The number of para-hydroxylation sites is 1. The van der Waals surface area contributed by atoms with Crippen LogP contribution in [0.5, 0.6) is 0 Å². The number of hydrogen-bond acceptors (Lipinski definition) is 5. The number of ketones is 1. The summed E-state index contributed by atoms with van der Waals surface area (Å²) in [6.07, 6.45) is 3.81. The second kappa shape index (κ2) is 13.3. The lowest BCUT2D eigenvalue weighted by molar-refractivity contribution is -0.136. The highest BCUT2D eigenvalue weighted by Crippen LogP contribution is 2.49. The highest BCUT2D eigenvalue weighted by Gasteiger charge is 2.51. The lowest BCUT2D eigenvalue weighted by Crippen LogP contribution is -2.53. The molecule has 0 aliphatic heterocycles. The number of aromatic nitrogens is 1. The van der Waals surface area contributed by atoms with E-state index < -0.39 is 35.9 Å². The van der Waals surface area contributed by atoms with Gasteiger partial charge in [-0.05, 0) is 67.3 Å². The number of rotatable bonds is 7. The van der Waals surface area contributed by atoms with E-state index >= 15 is 0 Å². The minimum absolute atomic E-state index is 0.0837. The molecule has 0 spiro atoms. The van der Waals surface area contributed by atoms with Crippen LogP contribution in [0, 0.1) is 11.8 Å². The molecule has 0 bridgehead atoms. The van der Waals surface area contributed by atoms with Crippen LogP contribution in [0.3, 0.4) is 0 Å². The monoisotopic (exact) mass is 646 g/mol. The molecule has 4 aromatic rings. The summed E-state index contributed by atoms with van der Waals surface area (Å²) in [6.45, 7) is 1.70. The molecule has 248 valence electrons. The third kappa shape index (κ3) is 5.98. The number of nitrogens with zero attached hydrogens (tertiary/aromatic N) is 1. The SMILES string of the molecule is C[C@@H](C(=O)N[C@H]1Cc2c([nH]c3ccccc23)[C@H]2CC[C@H](C(=O)N[C@@H]3CCCc4ccccc43)C2C1=O)N(C)C(=O)OCc1ccccc1. The Morgan fingerprint density at radius 3 is 2.50 bits per heavy atom. The van der Waals surface area contributed by atoms with Crippen molar-refractivity contribution in [2.45, 2.75) is 76.1 Å². The minimum Gasteiger partial charge on any atom is -0.445 e. The Balaban J connectivity index is 1.12. The third-order valence-electron chi connectivity index (χ3n) is 10.7. The van der Waals surface area contributed by atoms with E-state index in [-0.39, 0.29) is 30.3 Å². The molecule has 1 fully saturated rings. The Morgan fingerprint density at radius 2 is 1.67 bits per heavy atom. The molecule has 48 heavy (non-hydrogen) atoms. The van der Waals surface area contributed by atoms with Crippen molar-refractivity contribution in [2.24, 2.45) is 11.8 Å². The van der Waals surface area contributed by atoms with Crippen LogP contribution in [-0.4, -0.2) is 52.7 Å². The van der Waals surface area contributed by atoms with Gasteiger partial charge in [-0.3, -0.25) is 19.3 Å². The first-order valence-corrected chi connectivity index (χ1v) is 17.1. The smallest absolute Gasteiger partial charge is 0.410 e. The molecule has 9 heteroatoms. The lowest BCUT2D eigenvalue weighted by Gasteiger charge is -2.30. The molecule has 3 amide bonds. The van der Waals surface area contributed by atoms with Crippen molar-refractivity contribution < 1.29 is 23.9 Å². The average Bonchev–Trinajstić information content (AvgIpc) is 3.69. The molecule has 3 aromatic carbocycles. The van der Waals surface area contributed by atoms with Gasteiger partial charge in [-0.15, -0.1) is 0 Å². The number of aryl methyl sites for hydroxylation is 1. The van der Waals surface area contributed by atoms with Crippen LogP contribution in [0.25, 0.3) is 10.9 Å². The van der Waals surface area contributed by atoms with Gasteiger partial charge in [0.25, 0.3) is 0 Å². The second-order valence-electron chi connectivity index (χ2n) is 13.5. The molecule has 9 nitrogen and oxygen atoms in total. The molecule has 1 heterocycles. The zero-order valence-corrected chi connectivity index (χ0v) is 27.4. The molecule has 3 aliphatic rings. The van der Waals surface area contributed by atoms with Crippen LogP contribution in [0.1, 0.15) is 72.5 Å². The first-order valence-electron chi connectivity index (χ1n) is 17.1. The van der Waals surface area contributed by atoms with Crippen LogP contribution in [0.15, 0.2) is 78.9 Å².